The average Bonchev–Trinajstić information content (AvgIpc) is 2.31. The minimum atomic E-state index is -0.544. The summed E-state index contributed by atoms with van der Waals surface area (Å²) in [5.41, 5.74) is 4.96. The molecular formula is C15H31N3O. The number of hydrogen-bond acceptors (Lipinski definition) is 3. The van der Waals surface area contributed by atoms with Crippen LogP contribution in [0.2, 0.25) is 0 Å². The lowest BCUT2D eigenvalue weighted by Gasteiger charge is -2.29. The van der Waals surface area contributed by atoms with Crippen molar-refractivity contribution in [2.45, 2.75) is 64.3 Å². The van der Waals surface area contributed by atoms with Crippen molar-refractivity contribution in [3.05, 3.63) is 0 Å². The monoisotopic (exact) mass is 269 g/mol. The van der Waals surface area contributed by atoms with E-state index >= 15 is 0 Å². The number of carbonyl (C=O) groups is 1. The highest BCUT2D eigenvalue weighted by molar-refractivity contribution is 5.84. The highest BCUT2D eigenvalue weighted by Gasteiger charge is 2.29. The van der Waals surface area contributed by atoms with Crippen LogP contribution in [0.4, 0.5) is 0 Å². The van der Waals surface area contributed by atoms with Crippen LogP contribution < -0.4 is 11.1 Å². The number of hydrogen-bond donors (Lipinski definition) is 2. The molecule has 19 heavy (non-hydrogen) atoms. The largest absolute Gasteiger partial charge is 0.368 e. The summed E-state index contributed by atoms with van der Waals surface area (Å²) >= 11 is 0. The van der Waals surface area contributed by atoms with Gasteiger partial charge in [0.1, 0.15) is 0 Å². The third-order valence-corrected chi connectivity index (χ3v) is 4.21. The van der Waals surface area contributed by atoms with Crippen LogP contribution in [0.25, 0.3) is 0 Å². The second-order valence-corrected chi connectivity index (χ2v) is 5.94. The molecule has 1 atom stereocenters. The zero-order chi connectivity index (χ0) is 14.1. The van der Waals surface area contributed by atoms with E-state index in [9.17, 15) is 4.79 Å². The first-order valence-corrected chi connectivity index (χ1v) is 7.86. The van der Waals surface area contributed by atoms with E-state index in [1.165, 1.54) is 45.2 Å². The third kappa shape index (κ3) is 5.91. The van der Waals surface area contributed by atoms with Crippen molar-refractivity contribution < 1.29 is 4.79 Å². The topological polar surface area (TPSA) is 58.4 Å². The molecule has 0 aromatic heterocycles. The fourth-order valence-electron chi connectivity index (χ4n) is 2.88. The number of amides is 1. The summed E-state index contributed by atoms with van der Waals surface area (Å²) in [6.45, 7) is 8.24. The van der Waals surface area contributed by atoms with Gasteiger partial charge in [-0.2, -0.15) is 0 Å². The Morgan fingerprint density at radius 3 is 2.32 bits per heavy atom. The van der Waals surface area contributed by atoms with Crippen LogP contribution in [0.3, 0.4) is 0 Å². The Kier molecular flexibility index (Phi) is 7.39. The Morgan fingerprint density at radius 2 is 1.79 bits per heavy atom. The van der Waals surface area contributed by atoms with Crippen LogP contribution >= 0.6 is 0 Å². The number of primary amides is 1. The molecule has 0 aromatic carbocycles. The number of nitrogens with zero attached hydrogens (tertiary/aromatic N) is 1. The van der Waals surface area contributed by atoms with Crippen LogP contribution in [0.1, 0.15) is 58.8 Å². The molecule has 1 fully saturated rings. The van der Waals surface area contributed by atoms with E-state index in [2.05, 4.69) is 10.2 Å². The second-order valence-electron chi connectivity index (χ2n) is 5.94. The van der Waals surface area contributed by atoms with Gasteiger partial charge in [0.25, 0.3) is 0 Å². The van der Waals surface area contributed by atoms with Gasteiger partial charge in [-0.3, -0.25) is 4.79 Å². The zero-order valence-corrected chi connectivity index (χ0v) is 12.7. The molecule has 4 heteroatoms. The lowest BCUT2D eigenvalue weighted by atomic mass is 9.94. The molecule has 0 aromatic rings. The molecule has 1 unspecified atom stereocenters. The van der Waals surface area contributed by atoms with E-state index in [1.54, 1.807) is 0 Å². The van der Waals surface area contributed by atoms with E-state index < -0.39 is 5.54 Å². The number of likely N-dealkylation sites (N-methyl/N-ethyl adjacent to an activating group) is 1. The normalized spacial score (nSPS) is 21.4. The van der Waals surface area contributed by atoms with Gasteiger partial charge in [0.2, 0.25) is 5.91 Å². The fraction of sp³-hybridized carbons (Fsp3) is 0.933. The van der Waals surface area contributed by atoms with Crippen molar-refractivity contribution in [1.29, 1.82) is 0 Å². The van der Waals surface area contributed by atoms with Gasteiger partial charge in [-0.25, -0.2) is 0 Å². The number of carbonyl (C=O) groups excluding carboxylic acids is 1. The molecule has 1 aliphatic rings. The molecule has 1 aliphatic heterocycles. The summed E-state index contributed by atoms with van der Waals surface area (Å²) in [6, 6.07) is 0. The summed E-state index contributed by atoms with van der Waals surface area (Å²) in [5, 5.41) is 3.23. The van der Waals surface area contributed by atoms with Gasteiger partial charge >= 0.3 is 0 Å². The maximum absolute atomic E-state index is 11.5. The Hall–Kier alpha value is -0.610. The Labute approximate surface area is 118 Å². The molecule has 0 aliphatic carbocycles. The smallest absolute Gasteiger partial charge is 0.237 e. The maximum atomic E-state index is 11.5. The first-order chi connectivity index (χ1) is 9.08. The SMILES string of the molecule is CCNC(C)(CCCN1CCCCCCC1)C(N)=O. The third-order valence-electron chi connectivity index (χ3n) is 4.21. The van der Waals surface area contributed by atoms with Crippen LogP contribution in [0, 0.1) is 0 Å². The lowest BCUT2D eigenvalue weighted by molar-refractivity contribution is -0.124. The van der Waals surface area contributed by atoms with E-state index in [0.717, 1.165) is 25.9 Å². The molecule has 1 heterocycles. The fourth-order valence-corrected chi connectivity index (χ4v) is 2.88. The highest BCUT2D eigenvalue weighted by atomic mass is 16.1. The number of nitrogens with one attached hydrogen (secondary N) is 1. The van der Waals surface area contributed by atoms with Gasteiger partial charge in [-0.15, -0.1) is 0 Å². The van der Waals surface area contributed by atoms with Gasteiger partial charge in [-0.05, 0) is 58.8 Å². The molecule has 3 N–H and O–H groups in total. The standard InChI is InChI=1S/C15H31N3O/c1-3-17-15(2,14(16)19)10-9-13-18-11-7-5-4-6-8-12-18/h17H,3-13H2,1-2H3,(H2,16,19). The van der Waals surface area contributed by atoms with Crippen LogP contribution in [0.5, 0.6) is 0 Å². The van der Waals surface area contributed by atoms with Crippen molar-refractivity contribution in [3.63, 3.8) is 0 Å². The van der Waals surface area contributed by atoms with Gasteiger partial charge in [0, 0.05) is 0 Å². The molecule has 0 saturated carbocycles. The summed E-state index contributed by atoms with van der Waals surface area (Å²) in [6.07, 6.45) is 8.63. The number of rotatable bonds is 7. The minimum Gasteiger partial charge on any atom is -0.368 e. The summed E-state index contributed by atoms with van der Waals surface area (Å²) in [7, 11) is 0. The van der Waals surface area contributed by atoms with Gasteiger partial charge < -0.3 is 16.0 Å². The average molecular weight is 269 g/mol. The minimum absolute atomic E-state index is 0.234. The van der Waals surface area contributed by atoms with E-state index in [4.69, 9.17) is 5.73 Å². The summed E-state index contributed by atoms with van der Waals surface area (Å²) in [4.78, 5) is 14.1. The molecule has 0 radical (unpaired) electrons. The quantitative estimate of drug-likeness (QED) is 0.742. The summed E-state index contributed by atoms with van der Waals surface area (Å²) < 4.78 is 0. The van der Waals surface area contributed by atoms with Crippen molar-refractivity contribution in [2.24, 2.45) is 5.73 Å². The van der Waals surface area contributed by atoms with Gasteiger partial charge in [0.05, 0.1) is 5.54 Å². The predicted molar refractivity (Wildman–Crippen MR) is 80.0 cm³/mol. The zero-order valence-electron chi connectivity index (χ0n) is 12.7. The lowest BCUT2D eigenvalue weighted by Crippen LogP contribution is -2.53. The van der Waals surface area contributed by atoms with Crippen molar-refractivity contribution in [1.82, 2.24) is 10.2 Å². The molecule has 4 nitrogen and oxygen atoms in total. The van der Waals surface area contributed by atoms with Crippen LogP contribution in [-0.2, 0) is 4.79 Å². The molecule has 1 saturated heterocycles. The Bertz CT molecular complexity index is 262. The van der Waals surface area contributed by atoms with E-state index in [1.807, 2.05) is 13.8 Å². The van der Waals surface area contributed by atoms with Crippen molar-refractivity contribution in [2.75, 3.05) is 26.2 Å². The number of likely N-dealkylation sites (tertiary alicyclic amines) is 1. The number of nitrogens with two attached hydrogens (primary N) is 1. The molecule has 0 bridgehead atoms. The van der Waals surface area contributed by atoms with Crippen molar-refractivity contribution in [3.8, 4) is 0 Å². The van der Waals surface area contributed by atoms with Crippen LogP contribution in [0.15, 0.2) is 0 Å². The van der Waals surface area contributed by atoms with E-state index in [-0.39, 0.29) is 5.91 Å². The van der Waals surface area contributed by atoms with Gasteiger partial charge in [0.15, 0.2) is 0 Å². The maximum Gasteiger partial charge on any atom is 0.237 e. The first kappa shape index (κ1) is 16.4. The Morgan fingerprint density at radius 1 is 1.21 bits per heavy atom. The summed E-state index contributed by atoms with van der Waals surface area (Å²) in [5.74, 6) is -0.234. The van der Waals surface area contributed by atoms with Crippen molar-refractivity contribution >= 4 is 5.91 Å². The van der Waals surface area contributed by atoms with E-state index in [0.29, 0.717) is 0 Å². The first-order valence-electron chi connectivity index (χ1n) is 7.86. The van der Waals surface area contributed by atoms with Crippen LogP contribution in [-0.4, -0.2) is 42.5 Å². The Balaban J connectivity index is 2.31. The predicted octanol–water partition coefficient (Wildman–Crippen LogP) is 1.89. The molecule has 1 rings (SSSR count). The molecule has 1 amide bonds. The molecule has 0 spiro atoms. The second kappa shape index (κ2) is 8.54. The molecular weight excluding hydrogens is 238 g/mol. The molecule has 112 valence electrons. The van der Waals surface area contributed by atoms with Gasteiger partial charge in [-0.1, -0.05) is 26.2 Å². The highest BCUT2D eigenvalue weighted by Crippen LogP contribution is 2.15.